The van der Waals surface area contributed by atoms with E-state index in [0.717, 1.165) is 32.6 Å². The molecule has 0 aliphatic heterocycles. The first-order chi connectivity index (χ1) is 15.2. The van der Waals surface area contributed by atoms with Gasteiger partial charge in [0.2, 0.25) is 0 Å². The molecule has 0 aliphatic rings. The zero-order valence-corrected chi connectivity index (χ0v) is 18.9. The third kappa shape index (κ3) is 3.60. The molecule has 3 aromatic heterocycles. The molecule has 7 nitrogen and oxygen atoms in total. The van der Waals surface area contributed by atoms with E-state index >= 15 is 0 Å². The van der Waals surface area contributed by atoms with E-state index in [1.807, 2.05) is 60.0 Å². The molecule has 0 spiro atoms. The molecule has 5 aromatic rings. The van der Waals surface area contributed by atoms with E-state index in [0.29, 0.717) is 28.8 Å². The fraction of sp³-hybridized carbons (Fsp3) is 0.0909. The first kappa shape index (κ1) is 19.8. The summed E-state index contributed by atoms with van der Waals surface area (Å²) in [6.07, 6.45) is 0. The zero-order chi connectivity index (χ0) is 21.4. The Kier molecular flexibility index (Phi) is 5.23. The Labute approximate surface area is 190 Å². The van der Waals surface area contributed by atoms with Gasteiger partial charge < -0.3 is 10.5 Å². The minimum atomic E-state index is 0.341. The highest BCUT2D eigenvalue weighted by molar-refractivity contribution is 9.10. The van der Waals surface area contributed by atoms with E-state index in [9.17, 15) is 0 Å². The normalized spacial score (nSPS) is 11.3. The van der Waals surface area contributed by atoms with Crippen LogP contribution in [-0.4, -0.2) is 31.9 Å². The highest BCUT2D eigenvalue weighted by atomic mass is 79.9. The summed E-state index contributed by atoms with van der Waals surface area (Å²) in [7, 11) is 1.64. The first-order valence-corrected chi connectivity index (χ1v) is 11.1. The highest BCUT2D eigenvalue weighted by Gasteiger charge is 2.21. The summed E-state index contributed by atoms with van der Waals surface area (Å²) < 4.78 is 8.00. The van der Waals surface area contributed by atoms with Gasteiger partial charge in [-0.25, -0.2) is 4.98 Å². The van der Waals surface area contributed by atoms with Gasteiger partial charge in [0.25, 0.3) is 0 Å². The molecule has 0 aliphatic carbocycles. The van der Waals surface area contributed by atoms with Gasteiger partial charge in [0.15, 0.2) is 17.2 Å². The molecule has 2 aromatic carbocycles. The standard InChI is InChI=1S/C22H17BrN6OS/c1-30-11-16-18(14-5-3-2-4-6-14)21-27-26-19(20(24)29(21)28-16)22-25-17(12-31-22)13-7-9-15(23)10-8-13/h2-10,12H,11,24H2,1H3. The van der Waals surface area contributed by atoms with Crippen molar-refractivity contribution in [1.29, 1.82) is 0 Å². The Bertz CT molecular complexity index is 1360. The maximum absolute atomic E-state index is 6.49. The maximum Gasteiger partial charge on any atom is 0.187 e. The van der Waals surface area contributed by atoms with Crippen LogP contribution < -0.4 is 5.73 Å². The number of fused-ring (bicyclic) bond motifs is 1. The Morgan fingerprint density at radius 1 is 1.03 bits per heavy atom. The largest absolute Gasteiger partial charge is 0.382 e. The number of hydrogen-bond acceptors (Lipinski definition) is 7. The Morgan fingerprint density at radius 2 is 1.81 bits per heavy atom. The zero-order valence-electron chi connectivity index (χ0n) is 16.5. The van der Waals surface area contributed by atoms with Crippen LogP contribution in [0.2, 0.25) is 0 Å². The Morgan fingerprint density at radius 3 is 2.55 bits per heavy atom. The number of methoxy groups -OCH3 is 1. The van der Waals surface area contributed by atoms with Crippen molar-refractivity contribution in [1.82, 2.24) is 24.8 Å². The number of aromatic nitrogens is 5. The van der Waals surface area contributed by atoms with Gasteiger partial charge >= 0.3 is 0 Å². The van der Waals surface area contributed by atoms with Gasteiger partial charge in [0.05, 0.1) is 23.6 Å². The molecule has 3 heterocycles. The summed E-state index contributed by atoms with van der Waals surface area (Å²) >= 11 is 4.93. The average molecular weight is 493 g/mol. The van der Waals surface area contributed by atoms with Crippen molar-refractivity contribution >= 4 is 38.7 Å². The number of hydrogen-bond donors (Lipinski definition) is 1. The van der Waals surface area contributed by atoms with Crippen LogP contribution in [0.15, 0.2) is 64.5 Å². The summed E-state index contributed by atoms with van der Waals surface area (Å²) in [6.45, 7) is 0.341. The number of thiazole rings is 1. The van der Waals surface area contributed by atoms with E-state index < -0.39 is 0 Å². The Hall–Kier alpha value is -3.14. The van der Waals surface area contributed by atoms with Crippen LogP contribution >= 0.6 is 27.3 Å². The lowest BCUT2D eigenvalue weighted by atomic mass is 10.1. The lowest BCUT2D eigenvalue weighted by Gasteiger charge is -2.04. The van der Waals surface area contributed by atoms with Crippen molar-refractivity contribution < 1.29 is 4.74 Å². The van der Waals surface area contributed by atoms with Gasteiger partial charge in [0.1, 0.15) is 5.01 Å². The fourth-order valence-electron chi connectivity index (χ4n) is 3.39. The SMILES string of the molecule is COCc1nn2c(N)c(-c3nc(-c4ccc(Br)cc4)cs3)nnc2c1-c1ccccc1. The van der Waals surface area contributed by atoms with Crippen molar-refractivity contribution in [3.8, 4) is 33.1 Å². The molecular weight excluding hydrogens is 476 g/mol. The van der Waals surface area contributed by atoms with Crippen molar-refractivity contribution in [2.45, 2.75) is 6.61 Å². The van der Waals surface area contributed by atoms with Crippen LogP contribution in [0.25, 0.3) is 38.7 Å². The number of ether oxygens (including phenoxy) is 1. The molecule has 0 amide bonds. The van der Waals surface area contributed by atoms with E-state index in [1.165, 1.54) is 11.3 Å². The van der Waals surface area contributed by atoms with Gasteiger partial charge in [-0.05, 0) is 17.7 Å². The summed E-state index contributed by atoms with van der Waals surface area (Å²) in [5.41, 5.74) is 12.1. The highest BCUT2D eigenvalue weighted by Crippen LogP contribution is 2.34. The fourth-order valence-corrected chi connectivity index (χ4v) is 4.47. The van der Waals surface area contributed by atoms with Crippen LogP contribution in [0.4, 0.5) is 5.82 Å². The molecule has 0 unspecified atom stereocenters. The molecule has 31 heavy (non-hydrogen) atoms. The lowest BCUT2D eigenvalue weighted by Crippen LogP contribution is -2.05. The molecule has 0 fully saturated rings. The monoisotopic (exact) mass is 492 g/mol. The van der Waals surface area contributed by atoms with E-state index in [-0.39, 0.29) is 0 Å². The maximum atomic E-state index is 6.49. The number of nitrogen functional groups attached to an aromatic ring is 1. The number of benzene rings is 2. The van der Waals surface area contributed by atoms with Crippen molar-refractivity contribution in [3.05, 3.63) is 70.1 Å². The predicted molar refractivity (Wildman–Crippen MR) is 126 cm³/mol. The second-order valence-corrected chi connectivity index (χ2v) is 8.61. The molecule has 0 atom stereocenters. The smallest absolute Gasteiger partial charge is 0.187 e. The first-order valence-electron chi connectivity index (χ1n) is 9.45. The third-order valence-electron chi connectivity index (χ3n) is 4.84. The third-order valence-corrected chi connectivity index (χ3v) is 6.22. The van der Waals surface area contributed by atoms with Crippen LogP contribution in [0.3, 0.4) is 0 Å². The summed E-state index contributed by atoms with van der Waals surface area (Å²) in [5, 5.41) is 16.2. The minimum absolute atomic E-state index is 0.341. The number of rotatable bonds is 5. The van der Waals surface area contributed by atoms with E-state index in [4.69, 9.17) is 15.5 Å². The predicted octanol–water partition coefficient (Wildman–Crippen LogP) is 5.07. The molecule has 154 valence electrons. The molecule has 0 saturated heterocycles. The van der Waals surface area contributed by atoms with Crippen LogP contribution in [0.1, 0.15) is 5.69 Å². The summed E-state index contributed by atoms with van der Waals surface area (Å²) in [4.78, 5) is 4.73. The van der Waals surface area contributed by atoms with Gasteiger partial charge in [-0.2, -0.15) is 9.61 Å². The molecule has 9 heteroatoms. The quantitative estimate of drug-likeness (QED) is 0.368. The molecule has 0 bridgehead atoms. The van der Waals surface area contributed by atoms with Gasteiger partial charge in [-0.1, -0.05) is 58.4 Å². The number of halogens is 1. The summed E-state index contributed by atoms with van der Waals surface area (Å²) in [6, 6.07) is 17.9. The lowest BCUT2D eigenvalue weighted by molar-refractivity contribution is 0.181. The average Bonchev–Trinajstić information content (AvgIpc) is 3.41. The number of anilines is 1. The van der Waals surface area contributed by atoms with Gasteiger partial charge in [-0.3, -0.25) is 0 Å². The second-order valence-electron chi connectivity index (χ2n) is 6.83. The van der Waals surface area contributed by atoms with Crippen LogP contribution in [-0.2, 0) is 11.3 Å². The van der Waals surface area contributed by atoms with Crippen LogP contribution in [0.5, 0.6) is 0 Å². The second kappa shape index (κ2) is 8.18. The van der Waals surface area contributed by atoms with E-state index in [1.54, 1.807) is 11.6 Å². The van der Waals surface area contributed by atoms with Crippen molar-refractivity contribution in [3.63, 3.8) is 0 Å². The number of nitrogens with two attached hydrogens (primary N) is 1. The van der Waals surface area contributed by atoms with Crippen molar-refractivity contribution in [2.24, 2.45) is 0 Å². The summed E-state index contributed by atoms with van der Waals surface area (Å²) in [5.74, 6) is 0.390. The molecular formula is C22H17BrN6OS. The van der Waals surface area contributed by atoms with Crippen LogP contribution in [0, 0.1) is 0 Å². The van der Waals surface area contributed by atoms with E-state index in [2.05, 4.69) is 31.2 Å². The molecule has 2 N–H and O–H groups in total. The number of nitrogens with zero attached hydrogens (tertiary/aromatic N) is 5. The van der Waals surface area contributed by atoms with Crippen molar-refractivity contribution in [2.75, 3.05) is 12.8 Å². The topological polar surface area (TPSA) is 91.2 Å². The van der Waals surface area contributed by atoms with Gasteiger partial charge in [-0.15, -0.1) is 21.5 Å². The minimum Gasteiger partial charge on any atom is -0.382 e. The molecule has 0 saturated carbocycles. The molecule has 5 rings (SSSR count). The molecule has 0 radical (unpaired) electrons. The van der Waals surface area contributed by atoms with Gasteiger partial charge in [0, 0.05) is 22.5 Å². The Balaban J connectivity index is 1.62.